The first-order valence-electron chi connectivity index (χ1n) is 5.86. The van der Waals surface area contributed by atoms with Crippen LogP contribution in [0.5, 0.6) is 5.75 Å². The number of halogens is 4. The lowest BCUT2D eigenvalue weighted by molar-refractivity contribution is -0.170. The third-order valence-corrected chi connectivity index (χ3v) is 2.32. The lowest BCUT2D eigenvalue weighted by Gasteiger charge is -2.17. The molecular weight excluding hydrogens is 282 g/mol. The molecule has 1 atom stereocenters. The van der Waals surface area contributed by atoms with Crippen LogP contribution in [0.2, 0.25) is 0 Å². The van der Waals surface area contributed by atoms with E-state index >= 15 is 0 Å². The maximum atomic E-state index is 12.6. The van der Waals surface area contributed by atoms with Gasteiger partial charge < -0.3 is 14.6 Å². The lowest BCUT2D eigenvalue weighted by Crippen LogP contribution is -2.33. The summed E-state index contributed by atoms with van der Waals surface area (Å²) in [4.78, 5) is 3.80. The van der Waals surface area contributed by atoms with Crippen molar-refractivity contribution in [3.63, 3.8) is 0 Å². The standard InChI is InChI=1S/C12H15F4NO3/c1-2-20-9-3-8(4-17-5-9)10(18)6-19-7-12(15,16)11(13)14/h3-5,10-11,18H,2,6-7H2,1H3. The summed E-state index contributed by atoms with van der Waals surface area (Å²) in [6.07, 6.45) is -2.33. The molecule has 1 heterocycles. The number of hydrogen-bond donors (Lipinski definition) is 1. The largest absolute Gasteiger partial charge is 0.492 e. The van der Waals surface area contributed by atoms with Crippen LogP contribution in [-0.2, 0) is 4.74 Å². The zero-order chi connectivity index (χ0) is 15.2. The van der Waals surface area contributed by atoms with Gasteiger partial charge in [0.05, 0.1) is 19.4 Å². The summed E-state index contributed by atoms with van der Waals surface area (Å²) in [5.41, 5.74) is 0.288. The maximum absolute atomic E-state index is 12.6. The number of pyridine rings is 1. The zero-order valence-corrected chi connectivity index (χ0v) is 10.7. The topological polar surface area (TPSA) is 51.6 Å². The van der Waals surface area contributed by atoms with Crippen molar-refractivity contribution in [1.29, 1.82) is 0 Å². The zero-order valence-electron chi connectivity index (χ0n) is 10.7. The van der Waals surface area contributed by atoms with E-state index in [9.17, 15) is 22.7 Å². The Morgan fingerprint density at radius 1 is 1.35 bits per heavy atom. The number of hydrogen-bond acceptors (Lipinski definition) is 4. The van der Waals surface area contributed by atoms with Gasteiger partial charge in [-0.05, 0) is 13.0 Å². The van der Waals surface area contributed by atoms with Crippen molar-refractivity contribution in [1.82, 2.24) is 4.98 Å². The Morgan fingerprint density at radius 2 is 2.05 bits per heavy atom. The van der Waals surface area contributed by atoms with Crippen LogP contribution in [0.3, 0.4) is 0 Å². The second-order valence-corrected chi connectivity index (χ2v) is 3.98. The van der Waals surface area contributed by atoms with E-state index in [0.29, 0.717) is 12.4 Å². The van der Waals surface area contributed by atoms with Crippen molar-refractivity contribution in [2.24, 2.45) is 0 Å². The van der Waals surface area contributed by atoms with Crippen molar-refractivity contribution in [2.75, 3.05) is 19.8 Å². The van der Waals surface area contributed by atoms with Crippen molar-refractivity contribution in [2.45, 2.75) is 25.4 Å². The molecule has 0 aliphatic carbocycles. The van der Waals surface area contributed by atoms with Crippen molar-refractivity contribution in [3.8, 4) is 5.75 Å². The fraction of sp³-hybridized carbons (Fsp3) is 0.583. The molecule has 20 heavy (non-hydrogen) atoms. The van der Waals surface area contributed by atoms with Crippen LogP contribution in [0.1, 0.15) is 18.6 Å². The smallest absolute Gasteiger partial charge is 0.330 e. The van der Waals surface area contributed by atoms with Crippen molar-refractivity contribution < 1.29 is 32.1 Å². The Hall–Kier alpha value is -1.41. The van der Waals surface area contributed by atoms with E-state index in [1.807, 2.05) is 0 Å². The lowest BCUT2D eigenvalue weighted by atomic mass is 10.2. The minimum Gasteiger partial charge on any atom is -0.492 e. The third-order valence-electron chi connectivity index (χ3n) is 2.32. The molecule has 0 saturated heterocycles. The molecule has 1 N–H and O–H groups in total. The van der Waals surface area contributed by atoms with Crippen LogP contribution in [0.25, 0.3) is 0 Å². The summed E-state index contributed by atoms with van der Waals surface area (Å²) >= 11 is 0. The molecule has 0 aromatic carbocycles. The van der Waals surface area contributed by atoms with E-state index in [4.69, 9.17) is 4.74 Å². The van der Waals surface area contributed by atoms with Gasteiger partial charge in [-0.1, -0.05) is 0 Å². The summed E-state index contributed by atoms with van der Waals surface area (Å²) in [5, 5.41) is 9.70. The predicted octanol–water partition coefficient (Wildman–Crippen LogP) is 2.43. The minimum absolute atomic E-state index is 0.288. The van der Waals surface area contributed by atoms with Crippen LogP contribution in [-0.4, -0.2) is 42.3 Å². The first kappa shape index (κ1) is 16.6. The summed E-state index contributed by atoms with van der Waals surface area (Å²) in [6, 6.07) is 1.47. The molecule has 0 aliphatic rings. The normalized spacial score (nSPS) is 13.6. The average molecular weight is 297 g/mol. The maximum Gasteiger partial charge on any atom is 0.330 e. The van der Waals surface area contributed by atoms with Gasteiger partial charge in [0.1, 0.15) is 18.5 Å². The molecule has 0 amide bonds. The molecule has 1 rings (SSSR count). The van der Waals surface area contributed by atoms with Crippen LogP contribution in [0.4, 0.5) is 17.6 Å². The second kappa shape index (κ2) is 7.39. The Kier molecular flexibility index (Phi) is 6.15. The molecule has 0 fully saturated rings. The van der Waals surface area contributed by atoms with Crippen LogP contribution >= 0.6 is 0 Å². The monoisotopic (exact) mass is 297 g/mol. The molecule has 1 aromatic heterocycles. The second-order valence-electron chi connectivity index (χ2n) is 3.98. The van der Waals surface area contributed by atoms with Gasteiger partial charge in [0.25, 0.3) is 0 Å². The van der Waals surface area contributed by atoms with Crippen LogP contribution in [0.15, 0.2) is 18.5 Å². The van der Waals surface area contributed by atoms with E-state index in [1.54, 1.807) is 6.92 Å². The quantitative estimate of drug-likeness (QED) is 0.749. The molecule has 114 valence electrons. The van der Waals surface area contributed by atoms with Gasteiger partial charge in [-0.3, -0.25) is 4.98 Å². The van der Waals surface area contributed by atoms with Crippen molar-refractivity contribution in [3.05, 3.63) is 24.0 Å². The van der Waals surface area contributed by atoms with E-state index < -0.39 is 31.7 Å². The Morgan fingerprint density at radius 3 is 2.65 bits per heavy atom. The molecule has 0 bridgehead atoms. The van der Waals surface area contributed by atoms with Crippen LogP contribution in [0, 0.1) is 0 Å². The molecule has 0 saturated carbocycles. The number of aliphatic hydroxyl groups excluding tert-OH is 1. The summed E-state index contributed by atoms with van der Waals surface area (Å²) in [5.74, 6) is -3.83. The highest BCUT2D eigenvalue weighted by Gasteiger charge is 2.41. The molecule has 4 nitrogen and oxygen atoms in total. The van der Waals surface area contributed by atoms with Gasteiger partial charge in [0, 0.05) is 11.8 Å². The first-order valence-corrected chi connectivity index (χ1v) is 5.86. The highest BCUT2D eigenvalue weighted by molar-refractivity contribution is 5.25. The summed E-state index contributed by atoms with van der Waals surface area (Å²) < 4.78 is 58.5. The Bertz CT molecular complexity index is 417. The fourth-order valence-electron chi connectivity index (χ4n) is 1.33. The number of aliphatic hydroxyl groups is 1. The first-order chi connectivity index (χ1) is 9.36. The molecule has 1 aromatic rings. The molecule has 8 heteroatoms. The summed E-state index contributed by atoms with van der Waals surface area (Å²) in [7, 11) is 0. The van der Waals surface area contributed by atoms with Crippen LogP contribution < -0.4 is 4.74 Å². The van der Waals surface area contributed by atoms with Gasteiger partial charge in [0.2, 0.25) is 0 Å². The number of rotatable bonds is 8. The number of alkyl halides is 4. The SMILES string of the molecule is CCOc1cncc(C(O)COCC(F)(F)C(F)F)c1. The van der Waals surface area contributed by atoms with Gasteiger partial charge in [0.15, 0.2) is 0 Å². The molecular formula is C12H15F4NO3. The van der Waals surface area contributed by atoms with E-state index in [-0.39, 0.29) is 5.56 Å². The fourth-order valence-corrected chi connectivity index (χ4v) is 1.33. The predicted molar refractivity (Wildman–Crippen MR) is 62.1 cm³/mol. The van der Waals surface area contributed by atoms with Crippen molar-refractivity contribution >= 4 is 0 Å². The molecule has 0 radical (unpaired) electrons. The van der Waals surface area contributed by atoms with Gasteiger partial charge in [-0.2, -0.15) is 8.78 Å². The molecule has 0 aliphatic heterocycles. The number of nitrogens with zero attached hydrogens (tertiary/aromatic N) is 1. The molecule has 0 spiro atoms. The van der Waals surface area contributed by atoms with Gasteiger partial charge in [-0.15, -0.1) is 0 Å². The van der Waals surface area contributed by atoms with Gasteiger partial charge in [-0.25, -0.2) is 8.78 Å². The number of aromatic nitrogens is 1. The Balaban J connectivity index is 2.50. The minimum atomic E-state index is -4.23. The number of ether oxygens (including phenoxy) is 2. The highest BCUT2D eigenvalue weighted by atomic mass is 19.3. The highest BCUT2D eigenvalue weighted by Crippen LogP contribution is 2.24. The Labute approximate surface area is 113 Å². The molecule has 1 unspecified atom stereocenters. The van der Waals surface area contributed by atoms with E-state index in [1.165, 1.54) is 18.5 Å². The summed E-state index contributed by atoms with van der Waals surface area (Å²) in [6.45, 7) is 0.164. The van der Waals surface area contributed by atoms with E-state index in [2.05, 4.69) is 9.72 Å². The van der Waals surface area contributed by atoms with E-state index in [0.717, 1.165) is 0 Å². The third kappa shape index (κ3) is 4.93. The average Bonchev–Trinajstić information content (AvgIpc) is 2.39. The van der Waals surface area contributed by atoms with Gasteiger partial charge >= 0.3 is 12.3 Å².